The molecule has 2 heterocycles. The van der Waals surface area contributed by atoms with Gasteiger partial charge in [0.05, 0.1) is 18.8 Å². The number of methoxy groups -OCH3 is 1. The quantitative estimate of drug-likeness (QED) is 0.805. The Balaban J connectivity index is 1.67. The van der Waals surface area contributed by atoms with Gasteiger partial charge >= 0.3 is 6.03 Å². The lowest BCUT2D eigenvalue weighted by molar-refractivity contribution is -0.119. The van der Waals surface area contributed by atoms with Gasteiger partial charge in [-0.15, -0.1) is 11.8 Å². The minimum atomic E-state index is -0.492. The Hall–Kier alpha value is -2.80. The van der Waals surface area contributed by atoms with E-state index in [1.807, 2.05) is 35.7 Å². The van der Waals surface area contributed by atoms with Gasteiger partial charge in [0.1, 0.15) is 16.8 Å². The van der Waals surface area contributed by atoms with E-state index in [1.54, 1.807) is 18.1 Å². The average molecular weight is 384 g/mol. The van der Waals surface area contributed by atoms with Crippen molar-refractivity contribution in [2.75, 3.05) is 12.0 Å². The highest BCUT2D eigenvalue weighted by molar-refractivity contribution is 8.03. The lowest BCUT2D eigenvalue weighted by Crippen LogP contribution is -2.61. The topological polar surface area (TPSA) is 49.9 Å². The molecule has 2 atom stereocenters. The van der Waals surface area contributed by atoms with Gasteiger partial charge in [-0.2, -0.15) is 0 Å². The van der Waals surface area contributed by atoms with Crippen molar-refractivity contribution in [3.8, 4) is 5.75 Å². The summed E-state index contributed by atoms with van der Waals surface area (Å²) in [6.45, 7) is 0.341. The molecule has 0 spiro atoms. The van der Waals surface area contributed by atoms with Crippen LogP contribution >= 0.6 is 11.8 Å². The predicted molar refractivity (Wildman–Crippen MR) is 102 cm³/mol. The Kier molecular flexibility index (Phi) is 4.61. The number of carbonyl (C=O) groups excluding carboxylic acids is 2. The summed E-state index contributed by atoms with van der Waals surface area (Å²) >= 11 is 1.38. The summed E-state index contributed by atoms with van der Waals surface area (Å²) in [5.74, 6) is -0.0832. The van der Waals surface area contributed by atoms with E-state index < -0.39 is 17.1 Å². The Labute approximate surface area is 160 Å². The van der Waals surface area contributed by atoms with Crippen molar-refractivity contribution in [1.82, 2.24) is 4.90 Å². The Bertz CT molecular complexity index is 916. The van der Waals surface area contributed by atoms with Gasteiger partial charge < -0.3 is 9.64 Å². The van der Waals surface area contributed by atoms with Crippen LogP contribution in [-0.2, 0) is 11.3 Å². The number of amides is 3. The number of ether oxygens (including phenoxy) is 1. The third-order valence-electron chi connectivity index (χ3n) is 4.65. The smallest absolute Gasteiger partial charge is 0.332 e. The highest BCUT2D eigenvalue weighted by Crippen LogP contribution is 2.37. The molecule has 0 N–H and O–H groups in total. The van der Waals surface area contributed by atoms with Crippen LogP contribution in [0.25, 0.3) is 0 Å². The molecule has 4 rings (SSSR count). The van der Waals surface area contributed by atoms with Gasteiger partial charge in [0.2, 0.25) is 0 Å². The summed E-state index contributed by atoms with van der Waals surface area (Å²) in [7, 11) is 1.59. The lowest BCUT2D eigenvalue weighted by atomic mass is 10.1. The molecule has 1 saturated heterocycles. The molecule has 0 aliphatic carbocycles. The first-order valence-corrected chi connectivity index (χ1v) is 9.38. The second-order valence-electron chi connectivity index (χ2n) is 6.29. The van der Waals surface area contributed by atoms with Gasteiger partial charge in [-0.05, 0) is 41.3 Å². The molecule has 7 heteroatoms. The molecule has 1 fully saturated rings. The largest absolute Gasteiger partial charge is 0.497 e. The van der Waals surface area contributed by atoms with Crippen molar-refractivity contribution in [2.45, 2.75) is 17.8 Å². The van der Waals surface area contributed by atoms with Crippen LogP contribution in [0.4, 0.5) is 14.9 Å². The molecular weight excluding hydrogens is 367 g/mol. The van der Waals surface area contributed by atoms with Gasteiger partial charge in [-0.25, -0.2) is 14.1 Å². The van der Waals surface area contributed by atoms with Crippen molar-refractivity contribution in [3.63, 3.8) is 0 Å². The van der Waals surface area contributed by atoms with Crippen molar-refractivity contribution in [3.05, 3.63) is 71.4 Å². The predicted octanol–water partition coefficient (Wildman–Crippen LogP) is 3.80. The Morgan fingerprint density at radius 2 is 1.93 bits per heavy atom. The molecule has 0 bridgehead atoms. The van der Waals surface area contributed by atoms with E-state index in [4.69, 9.17) is 4.74 Å². The fourth-order valence-corrected chi connectivity index (χ4v) is 4.34. The van der Waals surface area contributed by atoms with Crippen molar-refractivity contribution >= 4 is 29.4 Å². The summed E-state index contributed by atoms with van der Waals surface area (Å²) in [5.41, 5.74) is 1.16. The maximum Gasteiger partial charge on any atom is 0.332 e. The van der Waals surface area contributed by atoms with Crippen LogP contribution in [0.2, 0.25) is 0 Å². The van der Waals surface area contributed by atoms with Gasteiger partial charge in [-0.3, -0.25) is 4.79 Å². The zero-order valence-electron chi connectivity index (χ0n) is 14.5. The molecule has 27 heavy (non-hydrogen) atoms. The van der Waals surface area contributed by atoms with Crippen molar-refractivity contribution < 1.29 is 18.7 Å². The minimum Gasteiger partial charge on any atom is -0.497 e. The van der Waals surface area contributed by atoms with Crippen LogP contribution in [0.15, 0.2) is 60.0 Å². The number of hydrogen-bond donors (Lipinski definition) is 0. The van der Waals surface area contributed by atoms with Crippen molar-refractivity contribution in [1.29, 1.82) is 0 Å². The van der Waals surface area contributed by atoms with Crippen LogP contribution in [0.3, 0.4) is 0 Å². The standard InChI is InChI=1S/C20H17FN2O3S/c1-26-16-7-5-13(6-8-16)12-22-17-9-10-27-18(17)19(24)23(20(22)25)15-4-2-3-14(21)11-15/h2-11,17-18H,12H2,1H3. The zero-order valence-corrected chi connectivity index (χ0v) is 15.4. The normalized spacial score (nSPS) is 21.6. The summed E-state index contributed by atoms with van der Waals surface area (Å²) in [4.78, 5) is 28.8. The summed E-state index contributed by atoms with van der Waals surface area (Å²) < 4.78 is 18.8. The fraction of sp³-hybridized carbons (Fsp3) is 0.200. The number of hydrogen-bond acceptors (Lipinski definition) is 4. The molecule has 2 aliphatic rings. The number of rotatable bonds is 4. The zero-order chi connectivity index (χ0) is 19.0. The molecule has 2 aliphatic heterocycles. The van der Waals surface area contributed by atoms with Gasteiger partial charge in [0.15, 0.2) is 0 Å². The SMILES string of the molecule is COc1ccc(CN2C(=O)N(c3cccc(F)c3)C(=O)C3SC=CC32)cc1. The molecule has 0 radical (unpaired) electrons. The maximum absolute atomic E-state index is 13.7. The van der Waals surface area contributed by atoms with Gasteiger partial charge in [0, 0.05) is 6.54 Å². The third kappa shape index (κ3) is 3.19. The van der Waals surface area contributed by atoms with E-state index in [1.165, 1.54) is 30.0 Å². The maximum atomic E-state index is 13.7. The number of halogens is 1. The van der Waals surface area contributed by atoms with Crippen LogP contribution < -0.4 is 9.64 Å². The van der Waals surface area contributed by atoms with E-state index in [0.29, 0.717) is 6.54 Å². The van der Waals surface area contributed by atoms with Crippen LogP contribution in [0.5, 0.6) is 5.75 Å². The second kappa shape index (κ2) is 7.08. The molecule has 3 amide bonds. The van der Waals surface area contributed by atoms with Crippen molar-refractivity contribution in [2.24, 2.45) is 0 Å². The van der Waals surface area contributed by atoms with E-state index in [2.05, 4.69) is 0 Å². The number of benzene rings is 2. The minimum absolute atomic E-state index is 0.246. The molecule has 2 aromatic carbocycles. The second-order valence-corrected chi connectivity index (χ2v) is 7.34. The first-order valence-electron chi connectivity index (χ1n) is 8.43. The van der Waals surface area contributed by atoms with Gasteiger partial charge in [-0.1, -0.05) is 24.3 Å². The number of nitrogens with zero attached hydrogens (tertiary/aromatic N) is 2. The number of thioether (sulfide) groups is 1. The van der Waals surface area contributed by atoms with E-state index in [0.717, 1.165) is 16.2 Å². The van der Waals surface area contributed by atoms with E-state index >= 15 is 0 Å². The summed E-state index contributed by atoms with van der Waals surface area (Å²) in [6, 6.07) is 12.2. The van der Waals surface area contributed by atoms with E-state index in [9.17, 15) is 14.0 Å². The molecule has 5 nitrogen and oxygen atoms in total. The van der Waals surface area contributed by atoms with Crippen LogP contribution in [-0.4, -0.2) is 35.2 Å². The molecular formula is C20H17FN2O3S. The third-order valence-corrected chi connectivity index (χ3v) is 5.74. The molecule has 2 unspecified atom stereocenters. The highest BCUT2D eigenvalue weighted by atomic mass is 32.2. The van der Waals surface area contributed by atoms with Crippen LogP contribution in [0, 0.1) is 5.82 Å². The highest BCUT2D eigenvalue weighted by Gasteiger charge is 2.47. The number of carbonyl (C=O) groups is 2. The monoisotopic (exact) mass is 384 g/mol. The Morgan fingerprint density at radius 3 is 2.63 bits per heavy atom. The average Bonchev–Trinajstić information content (AvgIpc) is 3.16. The fourth-order valence-electron chi connectivity index (χ4n) is 3.29. The Morgan fingerprint density at radius 1 is 1.15 bits per heavy atom. The molecule has 2 aromatic rings. The lowest BCUT2D eigenvalue weighted by Gasteiger charge is -2.41. The molecule has 0 aromatic heterocycles. The van der Waals surface area contributed by atoms with Crippen LogP contribution in [0.1, 0.15) is 5.56 Å². The number of fused-ring (bicyclic) bond motifs is 1. The number of anilines is 1. The number of urea groups is 1. The number of imide groups is 1. The first kappa shape index (κ1) is 17.6. The van der Waals surface area contributed by atoms with Gasteiger partial charge in [0.25, 0.3) is 5.91 Å². The molecule has 138 valence electrons. The first-order chi connectivity index (χ1) is 13.1. The van der Waals surface area contributed by atoms with E-state index in [-0.39, 0.29) is 17.6 Å². The summed E-state index contributed by atoms with van der Waals surface area (Å²) in [6.07, 6.45) is 1.87. The molecule has 0 saturated carbocycles. The summed E-state index contributed by atoms with van der Waals surface area (Å²) in [5, 5.41) is 1.42.